The third kappa shape index (κ3) is 2.32. The summed E-state index contributed by atoms with van der Waals surface area (Å²) < 4.78 is 5.98. The SMILES string of the molecule is CC(C)(C)C(O)C1C(c2ccccc2)OC1(C)C. The number of aliphatic hydroxyl groups excluding tert-OH is 1. The second-order valence-corrected chi connectivity index (χ2v) is 6.89. The third-order valence-corrected chi connectivity index (χ3v) is 3.92. The van der Waals surface area contributed by atoms with Crippen LogP contribution in [0.15, 0.2) is 30.3 Å². The number of rotatable bonds is 2. The zero-order chi connectivity index (χ0) is 13.6. The molecule has 0 amide bonds. The van der Waals surface area contributed by atoms with E-state index in [1.54, 1.807) is 0 Å². The highest BCUT2D eigenvalue weighted by Crippen LogP contribution is 2.52. The van der Waals surface area contributed by atoms with Gasteiger partial charge in [0.15, 0.2) is 0 Å². The number of aliphatic hydroxyl groups is 1. The largest absolute Gasteiger partial charge is 0.392 e. The fourth-order valence-corrected chi connectivity index (χ4v) is 2.77. The van der Waals surface area contributed by atoms with E-state index in [0.29, 0.717) is 0 Å². The average Bonchev–Trinajstić information content (AvgIpc) is 2.26. The van der Waals surface area contributed by atoms with E-state index in [4.69, 9.17) is 4.74 Å². The summed E-state index contributed by atoms with van der Waals surface area (Å²) in [5.74, 6) is 0.139. The zero-order valence-corrected chi connectivity index (χ0v) is 12.0. The van der Waals surface area contributed by atoms with Crippen molar-refractivity contribution in [2.24, 2.45) is 11.3 Å². The van der Waals surface area contributed by atoms with E-state index in [9.17, 15) is 5.11 Å². The van der Waals surface area contributed by atoms with Gasteiger partial charge in [-0.05, 0) is 24.8 Å². The minimum Gasteiger partial charge on any atom is -0.392 e. The van der Waals surface area contributed by atoms with Crippen LogP contribution in [0.3, 0.4) is 0 Å². The van der Waals surface area contributed by atoms with Gasteiger partial charge in [0, 0.05) is 5.92 Å². The topological polar surface area (TPSA) is 29.5 Å². The number of benzene rings is 1. The number of hydrogen-bond donors (Lipinski definition) is 1. The third-order valence-electron chi connectivity index (χ3n) is 3.92. The van der Waals surface area contributed by atoms with Crippen LogP contribution in [0, 0.1) is 11.3 Å². The first-order valence-electron chi connectivity index (χ1n) is 6.64. The molecule has 0 bridgehead atoms. The van der Waals surface area contributed by atoms with E-state index in [2.05, 4.69) is 46.8 Å². The Bertz CT molecular complexity index is 403. The molecule has 2 rings (SSSR count). The summed E-state index contributed by atoms with van der Waals surface area (Å²) in [5.41, 5.74) is 0.775. The Kier molecular flexibility index (Phi) is 3.28. The lowest BCUT2D eigenvalue weighted by molar-refractivity contribution is -0.285. The Morgan fingerprint density at radius 3 is 2.17 bits per heavy atom. The fraction of sp³-hybridized carbons (Fsp3) is 0.625. The summed E-state index contributed by atoms with van der Waals surface area (Å²) >= 11 is 0. The maximum Gasteiger partial charge on any atom is 0.0912 e. The molecule has 2 nitrogen and oxygen atoms in total. The molecule has 1 aromatic rings. The lowest BCUT2D eigenvalue weighted by atomic mass is 9.67. The van der Waals surface area contributed by atoms with Crippen LogP contribution in [0.1, 0.15) is 46.3 Å². The van der Waals surface area contributed by atoms with Gasteiger partial charge in [-0.15, -0.1) is 0 Å². The van der Waals surface area contributed by atoms with Gasteiger partial charge >= 0.3 is 0 Å². The first kappa shape index (κ1) is 13.6. The van der Waals surface area contributed by atoms with E-state index in [-0.39, 0.29) is 29.1 Å². The molecule has 0 saturated carbocycles. The lowest BCUT2D eigenvalue weighted by Gasteiger charge is -2.55. The summed E-state index contributed by atoms with van der Waals surface area (Å²) in [7, 11) is 0. The number of hydrogen-bond acceptors (Lipinski definition) is 2. The van der Waals surface area contributed by atoms with E-state index in [0.717, 1.165) is 5.56 Å². The molecule has 1 heterocycles. The zero-order valence-electron chi connectivity index (χ0n) is 12.0. The van der Waals surface area contributed by atoms with Crippen molar-refractivity contribution in [1.82, 2.24) is 0 Å². The van der Waals surface area contributed by atoms with Gasteiger partial charge in [-0.2, -0.15) is 0 Å². The molecule has 3 atom stereocenters. The van der Waals surface area contributed by atoms with E-state index < -0.39 is 0 Å². The van der Waals surface area contributed by atoms with E-state index >= 15 is 0 Å². The van der Waals surface area contributed by atoms with Crippen molar-refractivity contribution in [1.29, 1.82) is 0 Å². The van der Waals surface area contributed by atoms with Gasteiger partial charge in [-0.3, -0.25) is 0 Å². The normalized spacial score (nSPS) is 28.6. The molecular formula is C16H24O2. The molecular weight excluding hydrogens is 224 g/mol. The van der Waals surface area contributed by atoms with E-state index in [1.165, 1.54) is 0 Å². The Morgan fingerprint density at radius 2 is 1.72 bits per heavy atom. The van der Waals surface area contributed by atoms with Crippen LogP contribution in [0.25, 0.3) is 0 Å². The molecule has 0 aromatic heterocycles. The van der Waals surface area contributed by atoms with Crippen molar-refractivity contribution in [3.05, 3.63) is 35.9 Å². The molecule has 2 heteroatoms. The minimum atomic E-state index is -0.369. The first-order valence-corrected chi connectivity index (χ1v) is 6.64. The summed E-state index contributed by atoms with van der Waals surface area (Å²) in [6.07, 6.45) is -0.359. The van der Waals surface area contributed by atoms with Gasteiger partial charge in [-0.25, -0.2) is 0 Å². The molecule has 18 heavy (non-hydrogen) atoms. The Hall–Kier alpha value is -0.860. The highest BCUT2D eigenvalue weighted by Gasteiger charge is 2.55. The summed E-state index contributed by atoms with van der Waals surface area (Å²) in [6.45, 7) is 10.4. The molecule has 0 spiro atoms. The molecule has 1 fully saturated rings. The van der Waals surface area contributed by atoms with Crippen molar-refractivity contribution in [3.8, 4) is 0 Å². The van der Waals surface area contributed by atoms with Gasteiger partial charge < -0.3 is 9.84 Å². The summed E-state index contributed by atoms with van der Waals surface area (Å²) in [4.78, 5) is 0. The smallest absolute Gasteiger partial charge is 0.0912 e. The van der Waals surface area contributed by atoms with Crippen LogP contribution in [-0.4, -0.2) is 16.8 Å². The van der Waals surface area contributed by atoms with Crippen molar-refractivity contribution in [3.63, 3.8) is 0 Å². The van der Waals surface area contributed by atoms with E-state index in [1.807, 2.05) is 18.2 Å². The Labute approximate surface area is 110 Å². The molecule has 1 aromatic carbocycles. The van der Waals surface area contributed by atoms with Crippen molar-refractivity contribution >= 4 is 0 Å². The van der Waals surface area contributed by atoms with Crippen molar-refractivity contribution < 1.29 is 9.84 Å². The van der Waals surface area contributed by atoms with Crippen LogP contribution in [-0.2, 0) is 4.74 Å². The maximum atomic E-state index is 10.6. The van der Waals surface area contributed by atoms with Gasteiger partial charge in [-0.1, -0.05) is 51.1 Å². The average molecular weight is 248 g/mol. The van der Waals surface area contributed by atoms with Gasteiger partial charge in [0.1, 0.15) is 0 Å². The highest BCUT2D eigenvalue weighted by atomic mass is 16.5. The Morgan fingerprint density at radius 1 is 1.17 bits per heavy atom. The van der Waals surface area contributed by atoms with Crippen LogP contribution in [0.5, 0.6) is 0 Å². The predicted octanol–water partition coefficient (Wildman–Crippen LogP) is 3.56. The Balaban J connectivity index is 2.25. The fourth-order valence-electron chi connectivity index (χ4n) is 2.77. The summed E-state index contributed by atoms with van der Waals surface area (Å²) in [5, 5.41) is 10.6. The standard InChI is InChI=1S/C16H24O2/c1-15(2,3)14(17)12-13(18-16(12,4)5)11-9-7-6-8-10-11/h6-10,12-14,17H,1-5H3. The quantitative estimate of drug-likeness (QED) is 0.867. The monoisotopic (exact) mass is 248 g/mol. The van der Waals surface area contributed by atoms with Crippen molar-refractivity contribution in [2.75, 3.05) is 0 Å². The van der Waals surface area contributed by atoms with Crippen molar-refractivity contribution in [2.45, 2.75) is 52.4 Å². The molecule has 1 saturated heterocycles. The van der Waals surface area contributed by atoms with Crippen LogP contribution in [0.2, 0.25) is 0 Å². The van der Waals surface area contributed by atoms with Crippen LogP contribution >= 0.6 is 0 Å². The number of ether oxygens (including phenoxy) is 1. The van der Waals surface area contributed by atoms with Crippen LogP contribution in [0.4, 0.5) is 0 Å². The van der Waals surface area contributed by atoms with Gasteiger partial charge in [0.2, 0.25) is 0 Å². The lowest BCUT2D eigenvalue weighted by Crippen LogP contribution is -2.59. The second kappa shape index (κ2) is 4.36. The summed E-state index contributed by atoms with van der Waals surface area (Å²) in [6, 6.07) is 10.2. The molecule has 1 aliphatic rings. The highest BCUT2D eigenvalue weighted by molar-refractivity contribution is 5.23. The molecule has 0 aliphatic carbocycles. The minimum absolute atomic E-state index is 0.00965. The van der Waals surface area contributed by atoms with Crippen LogP contribution < -0.4 is 0 Å². The van der Waals surface area contributed by atoms with Gasteiger partial charge in [0.05, 0.1) is 17.8 Å². The molecule has 1 N–H and O–H groups in total. The predicted molar refractivity (Wildman–Crippen MR) is 73.3 cm³/mol. The second-order valence-electron chi connectivity index (χ2n) is 6.89. The first-order chi connectivity index (χ1) is 8.23. The molecule has 100 valence electrons. The molecule has 0 radical (unpaired) electrons. The van der Waals surface area contributed by atoms with Gasteiger partial charge in [0.25, 0.3) is 0 Å². The molecule has 1 aliphatic heterocycles. The molecule has 3 unspecified atom stereocenters. The maximum absolute atomic E-state index is 10.6.